The van der Waals surface area contributed by atoms with E-state index in [0.29, 0.717) is 17.5 Å². The van der Waals surface area contributed by atoms with Crippen LogP contribution in [0.1, 0.15) is 21.5 Å². The molecule has 144 valence electrons. The molecule has 0 amide bonds. The summed E-state index contributed by atoms with van der Waals surface area (Å²) in [5.41, 5.74) is 2.22. The Labute approximate surface area is 168 Å². The zero-order valence-corrected chi connectivity index (χ0v) is 16.5. The van der Waals surface area contributed by atoms with Crippen LogP contribution in [0.3, 0.4) is 0 Å². The summed E-state index contributed by atoms with van der Waals surface area (Å²) in [5, 5.41) is 3.72. The zero-order chi connectivity index (χ0) is 19.8. The minimum atomic E-state index is -0.550. The van der Waals surface area contributed by atoms with E-state index in [2.05, 4.69) is 15.3 Å². The van der Waals surface area contributed by atoms with Crippen molar-refractivity contribution in [2.75, 3.05) is 18.7 Å². The second-order valence-electron chi connectivity index (χ2n) is 5.84. The van der Waals surface area contributed by atoms with Gasteiger partial charge in [-0.15, -0.1) is 0 Å². The summed E-state index contributed by atoms with van der Waals surface area (Å²) in [6.45, 7) is 0.793. The maximum Gasteiger partial charge on any atom is 0.347 e. The summed E-state index contributed by atoms with van der Waals surface area (Å²) in [5.74, 6) is 0.0370. The molecule has 0 unspecified atom stereocenters. The number of hydrogen-bond acceptors (Lipinski definition) is 7. The van der Waals surface area contributed by atoms with Gasteiger partial charge in [-0.05, 0) is 17.4 Å². The third-order valence-corrected chi connectivity index (χ3v) is 4.50. The fourth-order valence-electron chi connectivity index (χ4n) is 2.54. The Morgan fingerprint density at radius 1 is 1.00 bits per heavy atom. The van der Waals surface area contributed by atoms with Gasteiger partial charge >= 0.3 is 5.97 Å². The van der Waals surface area contributed by atoms with Crippen molar-refractivity contribution in [3.8, 4) is 5.88 Å². The topological polar surface area (TPSA) is 73.3 Å². The van der Waals surface area contributed by atoms with E-state index in [0.717, 1.165) is 11.1 Å². The highest BCUT2D eigenvalue weighted by Crippen LogP contribution is 2.28. The van der Waals surface area contributed by atoms with E-state index in [1.165, 1.54) is 18.9 Å². The summed E-state index contributed by atoms with van der Waals surface area (Å²) in [7, 11) is 1.33. The number of esters is 1. The molecule has 0 fully saturated rings. The molecule has 7 heteroatoms. The molecule has 3 aromatic rings. The van der Waals surface area contributed by atoms with Gasteiger partial charge in [0.25, 0.3) is 0 Å². The van der Waals surface area contributed by atoms with Crippen LogP contribution in [-0.4, -0.2) is 29.3 Å². The summed E-state index contributed by atoms with van der Waals surface area (Å²) in [6, 6.07) is 19.6. The molecule has 0 bridgehead atoms. The minimum Gasteiger partial charge on any atom is -0.472 e. The molecule has 1 heterocycles. The van der Waals surface area contributed by atoms with Gasteiger partial charge in [-0.3, -0.25) is 0 Å². The van der Waals surface area contributed by atoms with Crippen LogP contribution in [0.2, 0.25) is 0 Å². The van der Waals surface area contributed by atoms with Gasteiger partial charge in [-0.1, -0.05) is 72.4 Å². The van der Waals surface area contributed by atoms with Crippen molar-refractivity contribution in [3.05, 3.63) is 77.4 Å². The number of anilines is 1. The molecule has 0 spiro atoms. The van der Waals surface area contributed by atoms with Crippen LogP contribution in [0.15, 0.2) is 65.8 Å². The number of hydrogen-bond donors (Lipinski definition) is 1. The predicted octanol–water partition coefficient (Wildman–Crippen LogP) is 4.18. The Hall–Kier alpha value is -3.06. The Kier molecular flexibility index (Phi) is 6.86. The van der Waals surface area contributed by atoms with E-state index in [1.807, 2.05) is 66.9 Å². The number of benzene rings is 2. The van der Waals surface area contributed by atoms with E-state index >= 15 is 0 Å². The Bertz CT molecular complexity index is 856. The van der Waals surface area contributed by atoms with Crippen molar-refractivity contribution in [1.29, 1.82) is 0 Å². The molecule has 3 rings (SSSR count). The largest absolute Gasteiger partial charge is 0.472 e. The fourth-order valence-corrected chi connectivity index (χ4v) is 2.89. The molecule has 0 aliphatic carbocycles. The number of carbonyl (C=O) groups excluding carboxylic acids is 1. The highest BCUT2D eigenvalue weighted by molar-refractivity contribution is 7.98. The smallest absolute Gasteiger partial charge is 0.347 e. The van der Waals surface area contributed by atoms with Crippen LogP contribution in [0.25, 0.3) is 0 Å². The van der Waals surface area contributed by atoms with Gasteiger partial charge in [0.1, 0.15) is 12.4 Å². The summed E-state index contributed by atoms with van der Waals surface area (Å²) in [4.78, 5) is 21.3. The van der Waals surface area contributed by atoms with Crippen LogP contribution < -0.4 is 10.1 Å². The summed E-state index contributed by atoms with van der Waals surface area (Å²) < 4.78 is 10.8. The van der Waals surface area contributed by atoms with Gasteiger partial charge in [0.2, 0.25) is 5.88 Å². The van der Waals surface area contributed by atoms with E-state index in [4.69, 9.17) is 9.47 Å². The van der Waals surface area contributed by atoms with Gasteiger partial charge < -0.3 is 14.8 Å². The number of nitrogens with zero attached hydrogens (tertiary/aromatic N) is 2. The Balaban J connectivity index is 1.91. The van der Waals surface area contributed by atoms with Gasteiger partial charge in [-0.2, -0.15) is 4.98 Å². The SMILES string of the molecule is COC(=O)c1c(NCc2ccccc2)nc(SC)nc1OCc1ccccc1. The maximum atomic E-state index is 12.4. The first kappa shape index (κ1) is 19.7. The second-order valence-corrected chi connectivity index (χ2v) is 6.62. The highest BCUT2D eigenvalue weighted by atomic mass is 32.2. The normalized spacial score (nSPS) is 10.4. The first-order chi connectivity index (χ1) is 13.7. The molecular formula is C21H21N3O3S. The van der Waals surface area contributed by atoms with Gasteiger partial charge in [-0.25, -0.2) is 9.78 Å². The van der Waals surface area contributed by atoms with Crippen molar-refractivity contribution in [3.63, 3.8) is 0 Å². The molecule has 6 nitrogen and oxygen atoms in total. The molecule has 0 aliphatic rings. The van der Waals surface area contributed by atoms with Crippen molar-refractivity contribution in [2.45, 2.75) is 18.3 Å². The number of rotatable bonds is 8. The predicted molar refractivity (Wildman–Crippen MR) is 110 cm³/mol. The molecule has 2 aromatic carbocycles. The lowest BCUT2D eigenvalue weighted by Crippen LogP contribution is -2.14. The zero-order valence-electron chi connectivity index (χ0n) is 15.7. The number of ether oxygens (including phenoxy) is 2. The lowest BCUT2D eigenvalue weighted by molar-refractivity contribution is 0.0594. The number of carbonyl (C=O) groups is 1. The standard InChI is InChI=1S/C21H21N3O3S/c1-26-20(25)17-18(22-13-15-9-5-3-6-10-15)23-21(28-2)24-19(17)27-14-16-11-7-4-8-12-16/h3-12H,13-14H2,1-2H3,(H,22,23,24). The number of nitrogens with one attached hydrogen (secondary N) is 1. The summed E-state index contributed by atoms with van der Waals surface area (Å²) in [6.07, 6.45) is 1.87. The minimum absolute atomic E-state index is 0.187. The third kappa shape index (κ3) is 5.01. The first-order valence-corrected chi connectivity index (χ1v) is 9.92. The van der Waals surface area contributed by atoms with Crippen LogP contribution in [-0.2, 0) is 17.9 Å². The van der Waals surface area contributed by atoms with E-state index in [9.17, 15) is 4.79 Å². The molecule has 0 atom stereocenters. The Morgan fingerprint density at radius 3 is 2.25 bits per heavy atom. The van der Waals surface area contributed by atoms with Crippen LogP contribution >= 0.6 is 11.8 Å². The molecule has 0 aliphatic heterocycles. The molecule has 28 heavy (non-hydrogen) atoms. The van der Waals surface area contributed by atoms with Crippen LogP contribution in [0.4, 0.5) is 5.82 Å². The molecule has 0 saturated carbocycles. The Morgan fingerprint density at radius 2 is 1.64 bits per heavy atom. The lowest BCUT2D eigenvalue weighted by Gasteiger charge is -2.15. The monoisotopic (exact) mass is 395 g/mol. The van der Waals surface area contributed by atoms with Crippen molar-refractivity contribution in [1.82, 2.24) is 9.97 Å². The van der Waals surface area contributed by atoms with Crippen molar-refractivity contribution >= 4 is 23.5 Å². The van der Waals surface area contributed by atoms with E-state index in [1.54, 1.807) is 0 Å². The molecule has 0 saturated heterocycles. The van der Waals surface area contributed by atoms with Crippen molar-refractivity contribution < 1.29 is 14.3 Å². The maximum absolute atomic E-state index is 12.4. The molecule has 1 N–H and O–H groups in total. The number of thioether (sulfide) groups is 1. The second kappa shape index (κ2) is 9.75. The first-order valence-electron chi connectivity index (χ1n) is 8.70. The molecule has 1 aromatic heterocycles. The van der Waals surface area contributed by atoms with E-state index in [-0.39, 0.29) is 18.1 Å². The average molecular weight is 395 g/mol. The molecular weight excluding hydrogens is 374 g/mol. The molecule has 0 radical (unpaired) electrons. The summed E-state index contributed by atoms with van der Waals surface area (Å²) >= 11 is 1.37. The van der Waals surface area contributed by atoms with Crippen LogP contribution in [0, 0.1) is 0 Å². The average Bonchev–Trinajstić information content (AvgIpc) is 2.76. The fraction of sp³-hybridized carbons (Fsp3) is 0.190. The van der Waals surface area contributed by atoms with Crippen molar-refractivity contribution in [2.24, 2.45) is 0 Å². The number of aromatic nitrogens is 2. The third-order valence-electron chi connectivity index (χ3n) is 3.95. The van der Waals surface area contributed by atoms with Gasteiger partial charge in [0, 0.05) is 6.54 Å². The number of methoxy groups -OCH3 is 1. The quantitative estimate of drug-likeness (QED) is 0.348. The lowest BCUT2D eigenvalue weighted by atomic mass is 10.2. The van der Waals surface area contributed by atoms with E-state index < -0.39 is 5.97 Å². The van der Waals surface area contributed by atoms with Crippen LogP contribution in [0.5, 0.6) is 5.88 Å². The van der Waals surface area contributed by atoms with Gasteiger partial charge in [0.15, 0.2) is 10.7 Å². The van der Waals surface area contributed by atoms with Gasteiger partial charge in [0.05, 0.1) is 7.11 Å². The highest BCUT2D eigenvalue weighted by Gasteiger charge is 2.23.